The van der Waals surface area contributed by atoms with E-state index in [1.165, 1.54) is 19.2 Å². The molecule has 18 heavy (non-hydrogen) atoms. The highest BCUT2D eigenvalue weighted by Crippen LogP contribution is 2.25. The lowest BCUT2D eigenvalue weighted by Crippen LogP contribution is -2.40. The van der Waals surface area contributed by atoms with Gasteiger partial charge in [0.05, 0.1) is 13.7 Å². The monoisotopic (exact) mass is 273 g/mol. The van der Waals surface area contributed by atoms with E-state index in [1.54, 1.807) is 26.8 Å². The Morgan fingerprint density at radius 2 is 1.94 bits per heavy atom. The third-order valence-electron chi connectivity index (χ3n) is 2.14. The molecule has 0 amide bonds. The molecule has 1 aromatic rings. The number of aliphatic hydroxyl groups is 1. The molecule has 0 aliphatic rings. The molecule has 5 nitrogen and oxygen atoms in total. The molecule has 0 fully saturated rings. The number of hydrogen-bond acceptors (Lipinski definition) is 4. The van der Waals surface area contributed by atoms with Crippen LogP contribution in [-0.2, 0) is 16.6 Å². The highest BCUT2D eigenvalue weighted by molar-refractivity contribution is 7.89. The molecule has 0 radical (unpaired) electrons. The fourth-order valence-electron chi connectivity index (χ4n) is 1.49. The zero-order valence-corrected chi connectivity index (χ0v) is 11.8. The normalized spacial score (nSPS) is 12.5. The van der Waals surface area contributed by atoms with Gasteiger partial charge in [0.25, 0.3) is 0 Å². The minimum atomic E-state index is -3.68. The SMILES string of the molecule is COc1ccc(CO)cc1S(=O)(=O)NC(C)(C)C. The van der Waals surface area contributed by atoms with Crippen molar-refractivity contribution in [3.05, 3.63) is 23.8 Å². The summed E-state index contributed by atoms with van der Waals surface area (Å²) in [5.41, 5.74) is -0.0657. The highest BCUT2D eigenvalue weighted by atomic mass is 32.2. The van der Waals surface area contributed by atoms with Crippen molar-refractivity contribution in [3.63, 3.8) is 0 Å². The van der Waals surface area contributed by atoms with Gasteiger partial charge in [0.15, 0.2) is 0 Å². The summed E-state index contributed by atoms with van der Waals surface area (Å²) in [6.45, 7) is 5.05. The van der Waals surface area contributed by atoms with Gasteiger partial charge in [-0.05, 0) is 38.5 Å². The first-order valence-corrected chi connectivity index (χ1v) is 6.99. The third-order valence-corrected chi connectivity index (χ3v) is 3.92. The summed E-state index contributed by atoms with van der Waals surface area (Å²) in [7, 11) is -2.27. The molecule has 0 heterocycles. The van der Waals surface area contributed by atoms with Gasteiger partial charge in [-0.25, -0.2) is 13.1 Å². The van der Waals surface area contributed by atoms with Crippen LogP contribution < -0.4 is 9.46 Å². The van der Waals surface area contributed by atoms with Crippen molar-refractivity contribution in [1.82, 2.24) is 4.72 Å². The number of methoxy groups -OCH3 is 1. The van der Waals surface area contributed by atoms with Gasteiger partial charge in [-0.1, -0.05) is 6.07 Å². The van der Waals surface area contributed by atoms with E-state index in [1.807, 2.05) is 0 Å². The van der Waals surface area contributed by atoms with E-state index in [0.717, 1.165) is 0 Å². The Balaban J connectivity index is 3.29. The average Bonchev–Trinajstić information content (AvgIpc) is 2.25. The van der Waals surface area contributed by atoms with Gasteiger partial charge in [0.2, 0.25) is 10.0 Å². The van der Waals surface area contributed by atoms with Crippen LogP contribution in [0.3, 0.4) is 0 Å². The van der Waals surface area contributed by atoms with Crippen molar-refractivity contribution < 1.29 is 18.3 Å². The first-order valence-electron chi connectivity index (χ1n) is 5.51. The zero-order chi connectivity index (χ0) is 14.0. The molecule has 0 aromatic heterocycles. The van der Waals surface area contributed by atoms with Crippen LogP contribution in [0, 0.1) is 0 Å². The second-order valence-corrected chi connectivity index (χ2v) is 6.65. The maximum absolute atomic E-state index is 12.2. The number of sulfonamides is 1. The van der Waals surface area contributed by atoms with Crippen molar-refractivity contribution in [2.24, 2.45) is 0 Å². The Kier molecular flexibility index (Phi) is 4.37. The highest BCUT2D eigenvalue weighted by Gasteiger charge is 2.25. The topological polar surface area (TPSA) is 75.6 Å². The standard InChI is InChI=1S/C12H19NO4S/c1-12(2,3)13-18(15,16)11-7-9(8-14)5-6-10(11)17-4/h5-7,13-14H,8H2,1-4H3. The van der Waals surface area contributed by atoms with Gasteiger partial charge in [0.1, 0.15) is 10.6 Å². The maximum atomic E-state index is 12.2. The Morgan fingerprint density at radius 3 is 2.39 bits per heavy atom. The first-order chi connectivity index (χ1) is 8.19. The van der Waals surface area contributed by atoms with Crippen LogP contribution in [-0.4, -0.2) is 26.2 Å². The molecule has 2 N–H and O–H groups in total. The van der Waals surface area contributed by atoms with Crippen LogP contribution in [0.5, 0.6) is 5.75 Å². The summed E-state index contributed by atoms with van der Waals surface area (Å²) in [6, 6.07) is 4.56. The van der Waals surface area contributed by atoms with Gasteiger partial charge in [0, 0.05) is 5.54 Å². The predicted octanol–water partition coefficient (Wildman–Crippen LogP) is 1.26. The van der Waals surface area contributed by atoms with E-state index in [9.17, 15) is 8.42 Å². The zero-order valence-electron chi connectivity index (χ0n) is 11.0. The van der Waals surface area contributed by atoms with Gasteiger partial charge in [-0.3, -0.25) is 0 Å². The largest absolute Gasteiger partial charge is 0.495 e. The Bertz CT molecular complexity index is 517. The number of nitrogens with one attached hydrogen (secondary N) is 1. The number of hydrogen-bond donors (Lipinski definition) is 2. The number of benzene rings is 1. The summed E-state index contributed by atoms with van der Waals surface area (Å²) >= 11 is 0. The summed E-state index contributed by atoms with van der Waals surface area (Å²) in [4.78, 5) is 0.0338. The maximum Gasteiger partial charge on any atom is 0.244 e. The molecule has 102 valence electrons. The molecule has 6 heteroatoms. The molecule has 0 spiro atoms. The molecule has 0 saturated carbocycles. The first kappa shape index (κ1) is 14.9. The second-order valence-electron chi connectivity index (χ2n) is 5.00. The molecule has 0 saturated heterocycles. The number of ether oxygens (including phenoxy) is 1. The van der Waals surface area contributed by atoms with Crippen molar-refractivity contribution >= 4 is 10.0 Å². The molecule has 1 rings (SSSR count). The quantitative estimate of drug-likeness (QED) is 0.866. The van der Waals surface area contributed by atoms with E-state index in [-0.39, 0.29) is 17.3 Å². The van der Waals surface area contributed by atoms with E-state index < -0.39 is 15.6 Å². The van der Waals surface area contributed by atoms with Crippen LogP contribution in [0.4, 0.5) is 0 Å². The van der Waals surface area contributed by atoms with Gasteiger partial charge >= 0.3 is 0 Å². The Hall–Kier alpha value is -1.11. The van der Waals surface area contributed by atoms with E-state index in [4.69, 9.17) is 9.84 Å². The van der Waals surface area contributed by atoms with Crippen molar-refractivity contribution in [2.45, 2.75) is 37.8 Å². The average molecular weight is 273 g/mol. The van der Waals surface area contributed by atoms with Crippen molar-refractivity contribution in [2.75, 3.05) is 7.11 Å². The second kappa shape index (κ2) is 5.26. The molecule has 0 atom stereocenters. The molecular formula is C12H19NO4S. The van der Waals surface area contributed by atoms with Crippen LogP contribution >= 0.6 is 0 Å². The molecular weight excluding hydrogens is 254 g/mol. The van der Waals surface area contributed by atoms with Crippen LogP contribution in [0.15, 0.2) is 23.1 Å². The Labute approximate surface area is 108 Å². The van der Waals surface area contributed by atoms with Crippen molar-refractivity contribution in [3.8, 4) is 5.75 Å². The summed E-state index contributed by atoms with van der Waals surface area (Å²) in [5.74, 6) is 0.254. The number of rotatable bonds is 4. The third kappa shape index (κ3) is 3.69. The lowest BCUT2D eigenvalue weighted by molar-refractivity contribution is 0.281. The van der Waals surface area contributed by atoms with Gasteiger partial charge in [-0.15, -0.1) is 0 Å². The van der Waals surface area contributed by atoms with E-state index >= 15 is 0 Å². The molecule has 0 bridgehead atoms. The fraction of sp³-hybridized carbons (Fsp3) is 0.500. The Morgan fingerprint density at radius 1 is 1.33 bits per heavy atom. The van der Waals surface area contributed by atoms with Crippen molar-refractivity contribution in [1.29, 1.82) is 0 Å². The predicted molar refractivity (Wildman–Crippen MR) is 69.0 cm³/mol. The van der Waals surface area contributed by atoms with Crippen LogP contribution in [0.1, 0.15) is 26.3 Å². The smallest absolute Gasteiger partial charge is 0.244 e. The van der Waals surface area contributed by atoms with E-state index in [0.29, 0.717) is 5.56 Å². The molecule has 1 aromatic carbocycles. The number of aliphatic hydroxyl groups excluding tert-OH is 1. The van der Waals surface area contributed by atoms with Crippen LogP contribution in [0.25, 0.3) is 0 Å². The van der Waals surface area contributed by atoms with E-state index in [2.05, 4.69) is 4.72 Å². The van der Waals surface area contributed by atoms with Crippen LogP contribution in [0.2, 0.25) is 0 Å². The fourth-order valence-corrected chi connectivity index (χ4v) is 3.13. The van der Waals surface area contributed by atoms with Gasteiger partial charge < -0.3 is 9.84 Å². The summed E-state index contributed by atoms with van der Waals surface area (Å²) < 4.78 is 32.0. The summed E-state index contributed by atoms with van der Waals surface area (Å²) in [6.07, 6.45) is 0. The minimum absolute atomic E-state index is 0.0338. The molecule has 0 aliphatic carbocycles. The minimum Gasteiger partial charge on any atom is -0.495 e. The molecule has 0 aliphatic heterocycles. The molecule has 0 unspecified atom stereocenters. The summed E-state index contributed by atoms with van der Waals surface area (Å²) in [5, 5.41) is 9.07. The van der Waals surface area contributed by atoms with Gasteiger partial charge in [-0.2, -0.15) is 0 Å². The lowest BCUT2D eigenvalue weighted by Gasteiger charge is -2.21. The lowest BCUT2D eigenvalue weighted by atomic mass is 10.1.